The van der Waals surface area contributed by atoms with Crippen LogP contribution < -0.4 is 10.1 Å². The third-order valence-electron chi connectivity index (χ3n) is 5.51. The van der Waals surface area contributed by atoms with Gasteiger partial charge in [0.1, 0.15) is 11.8 Å². The van der Waals surface area contributed by atoms with Crippen molar-refractivity contribution in [1.82, 2.24) is 10.2 Å². The number of amides is 2. The minimum atomic E-state index is -0.594. The summed E-state index contributed by atoms with van der Waals surface area (Å²) >= 11 is 3.57. The lowest BCUT2D eigenvalue weighted by molar-refractivity contribution is -0.143. The molecular weight excluding hydrogens is 492 g/mol. The molecule has 1 atom stereocenters. The fourth-order valence-corrected chi connectivity index (χ4v) is 4.06. The summed E-state index contributed by atoms with van der Waals surface area (Å²) in [6, 6.07) is 13.3. The van der Waals surface area contributed by atoms with Crippen LogP contribution in [0.3, 0.4) is 0 Å². The maximum absolute atomic E-state index is 13.4. The average Bonchev–Trinajstić information content (AvgIpc) is 2.72. The molecule has 2 amide bonds. The maximum atomic E-state index is 13.4. The van der Waals surface area contributed by atoms with Gasteiger partial charge in [0.05, 0.1) is 4.47 Å². The van der Waals surface area contributed by atoms with Crippen LogP contribution in [0.5, 0.6) is 5.75 Å². The molecule has 0 aliphatic heterocycles. The summed E-state index contributed by atoms with van der Waals surface area (Å²) in [5.41, 5.74) is 2.90. The average molecular weight is 532 g/mol. The van der Waals surface area contributed by atoms with E-state index < -0.39 is 6.04 Å². The number of nitrogens with one attached hydrogen (secondary N) is 1. The smallest absolute Gasteiger partial charge is 0.261 e. The monoisotopic (exact) mass is 530 g/mol. The van der Waals surface area contributed by atoms with Crippen molar-refractivity contribution in [2.45, 2.75) is 85.4 Å². The van der Waals surface area contributed by atoms with E-state index in [1.54, 1.807) is 4.90 Å². The van der Waals surface area contributed by atoms with E-state index in [4.69, 9.17) is 4.74 Å². The predicted octanol–water partition coefficient (Wildman–Crippen LogP) is 6.16. The minimum Gasteiger partial charge on any atom is -0.483 e. The molecule has 2 rings (SSSR count). The highest BCUT2D eigenvalue weighted by molar-refractivity contribution is 9.10. The van der Waals surface area contributed by atoms with Gasteiger partial charge in [-0.2, -0.15) is 0 Å². The number of hydrogen-bond acceptors (Lipinski definition) is 3. The van der Waals surface area contributed by atoms with Crippen molar-refractivity contribution in [2.75, 3.05) is 6.61 Å². The number of ether oxygens (including phenoxy) is 1. The van der Waals surface area contributed by atoms with Gasteiger partial charge in [0.15, 0.2) is 6.61 Å². The Balaban J connectivity index is 2.25. The van der Waals surface area contributed by atoms with Gasteiger partial charge in [-0.15, -0.1) is 0 Å². The van der Waals surface area contributed by atoms with Crippen LogP contribution in [0.25, 0.3) is 0 Å². The van der Waals surface area contributed by atoms with E-state index in [0.29, 0.717) is 18.7 Å². The Morgan fingerprint density at radius 3 is 2.15 bits per heavy atom. The van der Waals surface area contributed by atoms with Crippen LogP contribution in [0.1, 0.15) is 71.6 Å². The van der Waals surface area contributed by atoms with Gasteiger partial charge in [-0.3, -0.25) is 9.59 Å². The number of hydrogen-bond donors (Lipinski definition) is 1. The van der Waals surface area contributed by atoms with Crippen LogP contribution in [-0.2, 0) is 21.5 Å². The van der Waals surface area contributed by atoms with Crippen molar-refractivity contribution in [2.24, 2.45) is 0 Å². The molecule has 0 saturated heterocycles. The first-order valence-electron chi connectivity index (χ1n) is 11.8. The van der Waals surface area contributed by atoms with E-state index in [-0.39, 0.29) is 29.4 Å². The summed E-state index contributed by atoms with van der Waals surface area (Å²) < 4.78 is 6.71. The van der Waals surface area contributed by atoms with Gasteiger partial charge in [-0.05, 0) is 78.7 Å². The van der Waals surface area contributed by atoms with Crippen molar-refractivity contribution in [3.63, 3.8) is 0 Å². The zero-order chi connectivity index (χ0) is 25.7. The number of carbonyl (C=O) groups is 2. The van der Waals surface area contributed by atoms with Gasteiger partial charge in [0, 0.05) is 12.1 Å². The molecule has 34 heavy (non-hydrogen) atoms. The molecule has 6 heteroatoms. The SMILES string of the molecule is CC[C@H](C(=O)NC(C)(C)C)N(Cc1ccc(C)cc1)C(=O)COc1ccc(C(C)(C)C)cc1Br. The second-order valence-corrected chi connectivity index (χ2v) is 11.7. The molecule has 0 bridgehead atoms. The number of halogens is 1. The van der Waals surface area contributed by atoms with Crippen molar-refractivity contribution in [1.29, 1.82) is 0 Å². The zero-order valence-electron chi connectivity index (χ0n) is 21.8. The topological polar surface area (TPSA) is 58.6 Å². The standard InChI is InChI=1S/C28H39BrN2O3/c1-9-23(26(33)30-28(6,7)8)31(17-20-12-10-19(2)11-13-20)25(32)18-34-24-15-14-21(16-22(24)29)27(3,4)5/h10-16,23H,9,17-18H2,1-8H3,(H,30,33)/t23-/m1/s1. The molecule has 0 saturated carbocycles. The first-order chi connectivity index (χ1) is 15.7. The van der Waals surface area contributed by atoms with E-state index in [1.165, 1.54) is 5.56 Å². The molecular formula is C28H39BrN2O3. The molecule has 0 heterocycles. The van der Waals surface area contributed by atoms with Gasteiger partial charge in [-0.1, -0.05) is 63.6 Å². The van der Waals surface area contributed by atoms with Crippen molar-refractivity contribution in [3.05, 3.63) is 63.6 Å². The molecule has 0 aliphatic rings. The lowest BCUT2D eigenvalue weighted by Gasteiger charge is -2.33. The number of rotatable bonds is 8. The molecule has 0 aliphatic carbocycles. The summed E-state index contributed by atoms with van der Waals surface area (Å²) in [5.74, 6) is 0.207. The summed E-state index contributed by atoms with van der Waals surface area (Å²) in [5, 5.41) is 3.02. The second-order valence-electron chi connectivity index (χ2n) is 10.9. The number of nitrogens with zero attached hydrogens (tertiary/aromatic N) is 1. The lowest BCUT2D eigenvalue weighted by Crippen LogP contribution is -2.54. The van der Waals surface area contributed by atoms with Crippen molar-refractivity contribution in [3.8, 4) is 5.75 Å². The molecule has 2 aromatic carbocycles. The van der Waals surface area contributed by atoms with Crippen LogP contribution >= 0.6 is 15.9 Å². The Labute approximate surface area is 213 Å². The minimum absolute atomic E-state index is 0.0104. The molecule has 1 N–H and O–H groups in total. The summed E-state index contributed by atoms with van der Waals surface area (Å²) in [4.78, 5) is 28.1. The van der Waals surface area contributed by atoms with Crippen LogP contribution in [-0.4, -0.2) is 34.9 Å². The lowest BCUT2D eigenvalue weighted by atomic mass is 9.87. The highest BCUT2D eigenvalue weighted by atomic mass is 79.9. The Bertz CT molecular complexity index is 988. The third-order valence-corrected chi connectivity index (χ3v) is 6.13. The van der Waals surface area contributed by atoms with E-state index in [1.807, 2.05) is 77.1 Å². The molecule has 0 spiro atoms. The second kappa shape index (κ2) is 11.4. The van der Waals surface area contributed by atoms with E-state index >= 15 is 0 Å². The van der Waals surface area contributed by atoms with Gasteiger partial charge in [-0.25, -0.2) is 0 Å². The Morgan fingerprint density at radius 1 is 1.03 bits per heavy atom. The van der Waals surface area contributed by atoms with Crippen LogP contribution in [0.2, 0.25) is 0 Å². The van der Waals surface area contributed by atoms with E-state index in [0.717, 1.165) is 15.6 Å². The molecule has 186 valence electrons. The molecule has 0 radical (unpaired) electrons. The quantitative estimate of drug-likeness (QED) is 0.444. The highest BCUT2D eigenvalue weighted by Crippen LogP contribution is 2.31. The van der Waals surface area contributed by atoms with E-state index in [9.17, 15) is 9.59 Å². The number of benzene rings is 2. The number of carbonyl (C=O) groups excluding carboxylic acids is 2. The first kappa shape index (κ1) is 27.9. The maximum Gasteiger partial charge on any atom is 0.261 e. The Hall–Kier alpha value is -2.34. The van der Waals surface area contributed by atoms with Gasteiger partial charge in [0.2, 0.25) is 5.91 Å². The number of aryl methyl sites for hydroxylation is 1. The molecule has 0 aromatic heterocycles. The molecule has 0 fully saturated rings. The zero-order valence-corrected chi connectivity index (χ0v) is 23.4. The van der Waals surface area contributed by atoms with Crippen molar-refractivity contribution < 1.29 is 14.3 Å². The summed E-state index contributed by atoms with van der Waals surface area (Å²) in [6.07, 6.45) is 0.503. The first-order valence-corrected chi connectivity index (χ1v) is 12.6. The molecule has 2 aromatic rings. The van der Waals surface area contributed by atoms with Crippen molar-refractivity contribution >= 4 is 27.7 Å². The molecule has 5 nitrogen and oxygen atoms in total. The highest BCUT2D eigenvalue weighted by Gasteiger charge is 2.31. The van der Waals surface area contributed by atoms with Crippen LogP contribution in [0, 0.1) is 6.92 Å². The third kappa shape index (κ3) is 8.15. The normalized spacial score (nSPS) is 12.7. The largest absolute Gasteiger partial charge is 0.483 e. The van der Waals surface area contributed by atoms with Gasteiger partial charge < -0.3 is 15.0 Å². The summed E-state index contributed by atoms with van der Waals surface area (Å²) in [7, 11) is 0. The predicted molar refractivity (Wildman–Crippen MR) is 142 cm³/mol. The van der Waals surface area contributed by atoms with Crippen LogP contribution in [0.4, 0.5) is 0 Å². The Kier molecular flexibility index (Phi) is 9.35. The van der Waals surface area contributed by atoms with Gasteiger partial charge in [0.25, 0.3) is 5.91 Å². The fraction of sp³-hybridized carbons (Fsp3) is 0.500. The van der Waals surface area contributed by atoms with Gasteiger partial charge >= 0.3 is 0 Å². The molecule has 0 unspecified atom stereocenters. The van der Waals surface area contributed by atoms with E-state index in [2.05, 4.69) is 42.0 Å². The Morgan fingerprint density at radius 2 is 1.65 bits per heavy atom. The van der Waals surface area contributed by atoms with Crippen LogP contribution in [0.15, 0.2) is 46.9 Å². The summed E-state index contributed by atoms with van der Waals surface area (Å²) in [6.45, 7) is 16.4. The fourth-order valence-electron chi connectivity index (χ4n) is 3.57.